The van der Waals surface area contributed by atoms with Gasteiger partial charge >= 0.3 is 0 Å². The summed E-state index contributed by atoms with van der Waals surface area (Å²) >= 11 is 0. The molecule has 3 aromatic carbocycles. The molecular formula is C28H22N4O7. The van der Waals surface area contributed by atoms with Gasteiger partial charge in [0.05, 0.1) is 6.21 Å². The molecule has 0 bridgehead atoms. The van der Waals surface area contributed by atoms with Gasteiger partial charge in [0.1, 0.15) is 17.2 Å². The lowest BCUT2D eigenvalue weighted by atomic mass is 10.1. The zero-order chi connectivity index (χ0) is 27.2. The summed E-state index contributed by atoms with van der Waals surface area (Å²) in [5.74, 6) is 0.838. The van der Waals surface area contributed by atoms with Gasteiger partial charge in [0.2, 0.25) is 6.79 Å². The highest BCUT2D eigenvalue weighted by atomic mass is 16.8. The maximum atomic E-state index is 13.0. The zero-order valence-electron chi connectivity index (χ0n) is 20.3. The molecule has 11 heteroatoms. The highest BCUT2D eigenvalue weighted by Gasteiger charge is 2.17. The highest BCUT2D eigenvalue weighted by molar-refractivity contribution is 6.05. The van der Waals surface area contributed by atoms with Crippen molar-refractivity contribution in [2.24, 2.45) is 5.10 Å². The second kappa shape index (κ2) is 11.4. The van der Waals surface area contributed by atoms with Crippen molar-refractivity contribution in [3.05, 3.63) is 113 Å². The molecule has 1 atom stereocenters. The number of nitrogens with zero attached hydrogens (tertiary/aromatic N) is 1. The van der Waals surface area contributed by atoms with Gasteiger partial charge in [0.25, 0.3) is 11.8 Å². The van der Waals surface area contributed by atoms with E-state index in [0.29, 0.717) is 39.7 Å². The number of hydrogen-bond acceptors (Lipinski definition) is 8. The first-order valence-corrected chi connectivity index (χ1v) is 11.7. The van der Waals surface area contributed by atoms with E-state index in [1.807, 2.05) is 0 Å². The first-order valence-electron chi connectivity index (χ1n) is 11.7. The smallest absolute Gasteiger partial charge is 0.287 e. The molecule has 0 saturated heterocycles. The number of carbonyl (C=O) groups is 2. The molecular weight excluding hydrogens is 504 g/mol. The summed E-state index contributed by atoms with van der Waals surface area (Å²) in [7, 11) is 0. The molecule has 0 saturated carbocycles. The SMILES string of the molecule is O=C(NN=Cc1ccc(-c2ccc([NH+]([O-])O)cc2)o1)C(=Cc1ccc2c(c1)OCO2)NC(=O)c1ccccc1. The third kappa shape index (κ3) is 6.19. The lowest BCUT2D eigenvalue weighted by molar-refractivity contribution is -0.991. The number of rotatable bonds is 8. The molecule has 1 aromatic heterocycles. The van der Waals surface area contributed by atoms with Gasteiger partial charge in [0, 0.05) is 23.3 Å². The minimum Gasteiger partial charge on any atom is -0.595 e. The van der Waals surface area contributed by atoms with E-state index < -0.39 is 17.0 Å². The maximum Gasteiger partial charge on any atom is 0.287 e. The number of fused-ring (bicyclic) bond motifs is 1. The van der Waals surface area contributed by atoms with E-state index in [1.54, 1.807) is 72.8 Å². The average molecular weight is 527 g/mol. The fraction of sp³-hybridized carbons (Fsp3) is 0.0357. The summed E-state index contributed by atoms with van der Waals surface area (Å²) in [6.45, 7) is 0.109. The van der Waals surface area contributed by atoms with Crippen molar-refractivity contribution < 1.29 is 33.9 Å². The summed E-state index contributed by atoms with van der Waals surface area (Å²) in [4.78, 5) is 25.8. The number of benzene rings is 3. The Morgan fingerprint density at radius 1 is 0.949 bits per heavy atom. The molecule has 2 heterocycles. The fourth-order valence-electron chi connectivity index (χ4n) is 3.68. The van der Waals surface area contributed by atoms with Crippen LogP contribution in [-0.4, -0.2) is 30.0 Å². The van der Waals surface area contributed by atoms with E-state index in [2.05, 4.69) is 15.8 Å². The van der Waals surface area contributed by atoms with E-state index in [0.717, 1.165) is 0 Å². The standard InChI is InChI=1S/C28H22N4O7/c33-27(20-4-2-1-3-5-20)30-23(14-18-6-12-25-26(15-18)38-17-37-25)28(34)31-29-16-22-11-13-24(39-22)19-7-9-21(10-8-19)32(35)36/h1-16,32,35H,17H2,(H,30,33)(H,31,34). The molecule has 11 nitrogen and oxygen atoms in total. The quantitative estimate of drug-likeness (QED) is 0.157. The van der Waals surface area contributed by atoms with Crippen molar-refractivity contribution in [1.82, 2.24) is 10.7 Å². The molecule has 2 amide bonds. The second-order valence-corrected chi connectivity index (χ2v) is 8.27. The van der Waals surface area contributed by atoms with Crippen LogP contribution in [0.15, 0.2) is 100 Å². The van der Waals surface area contributed by atoms with E-state index >= 15 is 0 Å². The normalized spacial score (nSPS) is 13.3. The van der Waals surface area contributed by atoms with Crippen molar-refractivity contribution in [3.8, 4) is 22.8 Å². The molecule has 0 fully saturated rings. The Kier molecular flexibility index (Phi) is 7.46. The van der Waals surface area contributed by atoms with Crippen LogP contribution in [0.4, 0.5) is 5.69 Å². The molecule has 1 aliphatic heterocycles. The van der Waals surface area contributed by atoms with Gasteiger partial charge in [-0.25, -0.2) is 10.6 Å². The largest absolute Gasteiger partial charge is 0.595 e. The third-order valence-electron chi connectivity index (χ3n) is 5.64. The summed E-state index contributed by atoms with van der Waals surface area (Å²) in [5, 5.41) is 25.7. The zero-order valence-corrected chi connectivity index (χ0v) is 20.3. The molecule has 196 valence electrons. The van der Waals surface area contributed by atoms with E-state index in [1.165, 1.54) is 24.4 Å². The Morgan fingerprint density at radius 2 is 1.72 bits per heavy atom. The molecule has 4 N–H and O–H groups in total. The lowest BCUT2D eigenvalue weighted by Gasteiger charge is -2.11. The molecule has 39 heavy (non-hydrogen) atoms. The van der Waals surface area contributed by atoms with Gasteiger partial charge in [-0.1, -0.05) is 24.3 Å². The van der Waals surface area contributed by atoms with Crippen molar-refractivity contribution >= 4 is 29.8 Å². The number of amides is 2. The Balaban J connectivity index is 1.31. The van der Waals surface area contributed by atoms with Crippen LogP contribution in [0.5, 0.6) is 11.5 Å². The van der Waals surface area contributed by atoms with Crippen LogP contribution in [-0.2, 0) is 4.79 Å². The Hall–Kier alpha value is -5.23. The maximum absolute atomic E-state index is 13.0. The number of nitrogens with one attached hydrogen (secondary N) is 3. The van der Waals surface area contributed by atoms with Gasteiger partial charge in [-0.3, -0.25) is 9.59 Å². The topological polar surface area (TPSA) is 150 Å². The van der Waals surface area contributed by atoms with Gasteiger partial charge in [-0.05, 0) is 60.2 Å². The average Bonchev–Trinajstić information content (AvgIpc) is 3.63. The van der Waals surface area contributed by atoms with Crippen molar-refractivity contribution in [1.29, 1.82) is 0 Å². The van der Waals surface area contributed by atoms with Crippen molar-refractivity contribution in [3.63, 3.8) is 0 Å². The van der Waals surface area contributed by atoms with Gasteiger partial charge < -0.3 is 24.4 Å². The van der Waals surface area contributed by atoms with E-state index in [9.17, 15) is 14.8 Å². The number of quaternary nitrogens is 1. The summed E-state index contributed by atoms with van der Waals surface area (Å²) < 4.78 is 16.4. The highest BCUT2D eigenvalue weighted by Crippen LogP contribution is 2.33. The second-order valence-electron chi connectivity index (χ2n) is 8.27. The Labute approximate surface area is 222 Å². The van der Waals surface area contributed by atoms with Crippen LogP contribution in [0.1, 0.15) is 21.7 Å². The van der Waals surface area contributed by atoms with Crippen LogP contribution >= 0.6 is 0 Å². The first kappa shape index (κ1) is 25.4. The van der Waals surface area contributed by atoms with Crippen LogP contribution in [0.2, 0.25) is 0 Å². The minimum atomic E-state index is -1.02. The summed E-state index contributed by atoms with van der Waals surface area (Å²) in [6, 6.07) is 23.2. The third-order valence-corrected chi connectivity index (χ3v) is 5.64. The molecule has 0 spiro atoms. The summed E-state index contributed by atoms with van der Waals surface area (Å²) in [6.07, 6.45) is 2.81. The number of hydrazone groups is 1. The molecule has 0 aliphatic carbocycles. The molecule has 0 radical (unpaired) electrons. The summed E-state index contributed by atoms with van der Waals surface area (Å²) in [5.41, 5.74) is 4.18. The van der Waals surface area contributed by atoms with Crippen molar-refractivity contribution in [2.75, 3.05) is 6.79 Å². The van der Waals surface area contributed by atoms with Crippen LogP contribution in [0, 0.1) is 5.21 Å². The van der Waals surface area contributed by atoms with Crippen molar-refractivity contribution in [2.45, 2.75) is 0 Å². The van der Waals surface area contributed by atoms with Gasteiger partial charge in [0.15, 0.2) is 17.2 Å². The number of carbonyl (C=O) groups excluding carboxylic acids is 2. The van der Waals surface area contributed by atoms with Crippen LogP contribution in [0.25, 0.3) is 17.4 Å². The van der Waals surface area contributed by atoms with Crippen LogP contribution < -0.4 is 25.4 Å². The molecule has 1 unspecified atom stereocenters. The minimum absolute atomic E-state index is 0.0430. The Morgan fingerprint density at radius 3 is 2.49 bits per heavy atom. The Bertz CT molecular complexity index is 1540. The number of ether oxygens (including phenoxy) is 2. The lowest BCUT2D eigenvalue weighted by Crippen LogP contribution is -2.99. The monoisotopic (exact) mass is 526 g/mol. The van der Waals surface area contributed by atoms with E-state index in [-0.39, 0.29) is 18.2 Å². The first-order chi connectivity index (χ1) is 19.0. The molecule has 4 aromatic rings. The molecule has 5 rings (SSSR count). The number of hydrogen-bond donors (Lipinski definition) is 4. The van der Waals surface area contributed by atoms with Gasteiger partial charge in [-0.2, -0.15) is 10.3 Å². The number of furan rings is 1. The van der Waals surface area contributed by atoms with Crippen LogP contribution in [0.3, 0.4) is 0 Å². The molecule has 1 aliphatic rings. The predicted octanol–water partition coefficient (Wildman–Crippen LogP) is 3.00. The predicted molar refractivity (Wildman–Crippen MR) is 140 cm³/mol. The fourth-order valence-corrected chi connectivity index (χ4v) is 3.68. The van der Waals surface area contributed by atoms with Gasteiger partial charge in [-0.15, -0.1) is 0 Å². The van der Waals surface area contributed by atoms with E-state index in [4.69, 9.17) is 19.1 Å².